The quantitative estimate of drug-likeness (QED) is 0.697. The highest BCUT2D eigenvalue weighted by atomic mass is 19.1. The lowest BCUT2D eigenvalue weighted by Gasteiger charge is -2.32. The smallest absolute Gasteiger partial charge is 0.253 e. The molecular formula is C23H25FN6O. The first-order valence-electron chi connectivity index (χ1n) is 10.9. The maximum absolute atomic E-state index is 13.6. The van der Waals surface area contributed by atoms with E-state index in [2.05, 4.69) is 20.1 Å². The Kier molecular flexibility index (Phi) is 5.36. The van der Waals surface area contributed by atoms with Crippen LogP contribution in [0.5, 0.6) is 0 Å². The molecule has 3 aromatic rings. The highest BCUT2D eigenvalue weighted by Gasteiger charge is 2.29. The van der Waals surface area contributed by atoms with Crippen molar-refractivity contribution in [2.24, 2.45) is 0 Å². The molecule has 0 bridgehead atoms. The SMILES string of the molecule is O=C(c1cccc(F)c1)N1CCC[C@H](c2[nH]ncc2-c2ccnc(N3CCCC3)n2)C1. The number of hydrogen-bond donors (Lipinski definition) is 1. The summed E-state index contributed by atoms with van der Waals surface area (Å²) in [6.45, 7) is 3.21. The number of halogens is 1. The van der Waals surface area contributed by atoms with Crippen molar-refractivity contribution in [2.75, 3.05) is 31.1 Å². The molecule has 0 saturated carbocycles. The summed E-state index contributed by atoms with van der Waals surface area (Å²) in [4.78, 5) is 26.2. The molecule has 160 valence electrons. The van der Waals surface area contributed by atoms with E-state index in [1.165, 1.54) is 25.0 Å². The van der Waals surface area contributed by atoms with Gasteiger partial charge in [-0.3, -0.25) is 9.89 Å². The monoisotopic (exact) mass is 420 g/mol. The third-order valence-corrected chi connectivity index (χ3v) is 6.16. The number of aromatic amines is 1. The van der Waals surface area contributed by atoms with E-state index in [1.807, 2.05) is 11.0 Å². The summed E-state index contributed by atoms with van der Waals surface area (Å²) in [6.07, 6.45) is 7.77. The Bertz CT molecular complexity index is 1080. The summed E-state index contributed by atoms with van der Waals surface area (Å²) < 4.78 is 13.6. The van der Waals surface area contributed by atoms with Gasteiger partial charge in [-0.05, 0) is 49.9 Å². The summed E-state index contributed by atoms with van der Waals surface area (Å²) in [7, 11) is 0. The maximum Gasteiger partial charge on any atom is 0.253 e. The van der Waals surface area contributed by atoms with Crippen molar-refractivity contribution >= 4 is 11.9 Å². The lowest BCUT2D eigenvalue weighted by atomic mass is 9.91. The molecule has 5 rings (SSSR count). The Morgan fingerprint density at radius 2 is 2.00 bits per heavy atom. The van der Waals surface area contributed by atoms with Gasteiger partial charge in [-0.25, -0.2) is 14.4 Å². The van der Waals surface area contributed by atoms with Crippen LogP contribution in [0.4, 0.5) is 10.3 Å². The second-order valence-electron chi connectivity index (χ2n) is 8.23. The van der Waals surface area contributed by atoms with Crippen LogP contribution in [0.3, 0.4) is 0 Å². The van der Waals surface area contributed by atoms with E-state index in [1.54, 1.807) is 24.5 Å². The van der Waals surface area contributed by atoms with Crippen LogP contribution in [0.1, 0.15) is 47.7 Å². The molecule has 2 aliphatic heterocycles. The molecule has 7 nitrogen and oxygen atoms in total. The summed E-state index contributed by atoms with van der Waals surface area (Å²) in [5.41, 5.74) is 3.17. The number of carbonyl (C=O) groups is 1. The van der Waals surface area contributed by atoms with Crippen molar-refractivity contribution in [3.8, 4) is 11.3 Å². The molecule has 1 N–H and O–H groups in total. The van der Waals surface area contributed by atoms with Crippen molar-refractivity contribution in [1.29, 1.82) is 0 Å². The molecule has 1 atom stereocenters. The minimum absolute atomic E-state index is 0.119. The fourth-order valence-corrected chi connectivity index (χ4v) is 4.58. The number of H-pyrrole nitrogens is 1. The second kappa shape index (κ2) is 8.45. The Morgan fingerprint density at radius 3 is 2.84 bits per heavy atom. The maximum atomic E-state index is 13.6. The molecule has 31 heavy (non-hydrogen) atoms. The van der Waals surface area contributed by atoms with E-state index in [9.17, 15) is 9.18 Å². The van der Waals surface area contributed by atoms with Gasteiger partial charge in [-0.2, -0.15) is 5.10 Å². The summed E-state index contributed by atoms with van der Waals surface area (Å²) in [5.74, 6) is 0.346. The number of benzene rings is 1. The average Bonchev–Trinajstić information content (AvgIpc) is 3.51. The van der Waals surface area contributed by atoms with E-state index in [0.717, 1.165) is 48.8 Å². The van der Waals surface area contributed by atoms with Gasteiger partial charge in [0.1, 0.15) is 5.82 Å². The Morgan fingerprint density at radius 1 is 1.13 bits per heavy atom. The molecule has 4 heterocycles. The number of likely N-dealkylation sites (tertiary alicyclic amines) is 1. The molecular weight excluding hydrogens is 395 g/mol. The van der Waals surface area contributed by atoms with E-state index < -0.39 is 5.82 Å². The summed E-state index contributed by atoms with van der Waals surface area (Å²) in [5, 5.41) is 7.44. The number of amides is 1. The van der Waals surface area contributed by atoms with Crippen molar-refractivity contribution in [2.45, 2.75) is 31.6 Å². The van der Waals surface area contributed by atoms with E-state index in [4.69, 9.17) is 4.98 Å². The minimum atomic E-state index is -0.396. The highest BCUT2D eigenvalue weighted by molar-refractivity contribution is 5.94. The highest BCUT2D eigenvalue weighted by Crippen LogP contribution is 2.33. The first-order valence-corrected chi connectivity index (χ1v) is 10.9. The molecule has 2 aromatic heterocycles. The first-order chi connectivity index (χ1) is 15.2. The Labute approximate surface area is 180 Å². The molecule has 0 spiro atoms. The molecule has 0 unspecified atom stereocenters. The van der Waals surface area contributed by atoms with Crippen LogP contribution in [0.15, 0.2) is 42.7 Å². The zero-order valence-electron chi connectivity index (χ0n) is 17.3. The zero-order chi connectivity index (χ0) is 21.2. The average molecular weight is 420 g/mol. The minimum Gasteiger partial charge on any atom is -0.341 e. The van der Waals surface area contributed by atoms with Crippen molar-refractivity contribution < 1.29 is 9.18 Å². The predicted octanol–water partition coefficient (Wildman–Crippen LogP) is 3.63. The van der Waals surface area contributed by atoms with Crippen LogP contribution < -0.4 is 4.90 Å². The number of aromatic nitrogens is 4. The third kappa shape index (κ3) is 4.02. The molecule has 8 heteroatoms. The van der Waals surface area contributed by atoms with Crippen molar-refractivity contribution in [3.63, 3.8) is 0 Å². The van der Waals surface area contributed by atoms with Crippen molar-refractivity contribution in [3.05, 3.63) is 59.8 Å². The van der Waals surface area contributed by atoms with Gasteiger partial charge >= 0.3 is 0 Å². The Hall–Kier alpha value is -3.29. The van der Waals surface area contributed by atoms with Gasteiger partial charge in [0.05, 0.1) is 11.9 Å². The predicted molar refractivity (Wildman–Crippen MR) is 115 cm³/mol. The number of anilines is 1. The number of nitrogens with zero attached hydrogens (tertiary/aromatic N) is 5. The van der Waals surface area contributed by atoms with Crippen LogP contribution >= 0.6 is 0 Å². The van der Waals surface area contributed by atoms with Gasteiger partial charge in [0, 0.05) is 55.1 Å². The van der Waals surface area contributed by atoms with Gasteiger partial charge in [-0.1, -0.05) is 6.07 Å². The van der Waals surface area contributed by atoms with Crippen LogP contribution in [-0.2, 0) is 0 Å². The molecule has 0 radical (unpaired) electrons. The van der Waals surface area contributed by atoms with E-state index >= 15 is 0 Å². The van der Waals surface area contributed by atoms with Crippen LogP contribution in [0.2, 0.25) is 0 Å². The van der Waals surface area contributed by atoms with Gasteiger partial charge in [0.25, 0.3) is 5.91 Å². The lowest BCUT2D eigenvalue weighted by molar-refractivity contribution is 0.0705. The molecule has 2 fully saturated rings. The van der Waals surface area contributed by atoms with Gasteiger partial charge < -0.3 is 9.80 Å². The first kappa shape index (κ1) is 19.7. The zero-order valence-corrected chi connectivity index (χ0v) is 17.3. The molecule has 1 amide bonds. The molecule has 0 aliphatic carbocycles. The van der Waals surface area contributed by atoms with Gasteiger partial charge in [0.15, 0.2) is 0 Å². The lowest BCUT2D eigenvalue weighted by Crippen LogP contribution is -2.39. The number of piperidine rings is 1. The number of carbonyl (C=O) groups excluding carboxylic acids is 1. The standard InChI is InChI=1S/C23H25FN6O/c24-18-7-3-5-16(13-18)22(31)30-12-4-6-17(15-30)21-19(14-26-28-21)20-8-9-25-23(27-20)29-10-1-2-11-29/h3,5,7-9,13-14,17H,1-2,4,6,10-12,15H2,(H,26,28)/t17-/m0/s1. The second-order valence-corrected chi connectivity index (χ2v) is 8.23. The summed E-state index contributed by atoms with van der Waals surface area (Å²) in [6, 6.07) is 7.80. The fourth-order valence-electron chi connectivity index (χ4n) is 4.58. The number of nitrogens with one attached hydrogen (secondary N) is 1. The molecule has 2 aliphatic rings. The van der Waals surface area contributed by atoms with Crippen LogP contribution in [-0.4, -0.2) is 57.2 Å². The fraction of sp³-hybridized carbons (Fsp3) is 0.391. The van der Waals surface area contributed by atoms with Gasteiger partial charge in [-0.15, -0.1) is 0 Å². The topological polar surface area (TPSA) is 78.0 Å². The van der Waals surface area contributed by atoms with E-state index in [-0.39, 0.29) is 11.8 Å². The van der Waals surface area contributed by atoms with Gasteiger partial charge in [0.2, 0.25) is 5.95 Å². The van der Waals surface area contributed by atoms with E-state index in [0.29, 0.717) is 18.7 Å². The molecule has 2 saturated heterocycles. The Balaban J connectivity index is 1.38. The van der Waals surface area contributed by atoms with Crippen LogP contribution in [0.25, 0.3) is 11.3 Å². The largest absolute Gasteiger partial charge is 0.341 e. The number of hydrogen-bond acceptors (Lipinski definition) is 5. The van der Waals surface area contributed by atoms with Crippen molar-refractivity contribution in [1.82, 2.24) is 25.1 Å². The normalized spacial score (nSPS) is 19.1. The van der Waals surface area contributed by atoms with Crippen LogP contribution in [0, 0.1) is 5.82 Å². The summed E-state index contributed by atoms with van der Waals surface area (Å²) >= 11 is 0. The number of rotatable bonds is 4. The third-order valence-electron chi connectivity index (χ3n) is 6.16. The molecule has 1 aromatic carbocycles.